The van der Waals surface area contributed by atoms with Crippen LogP contribution in [0.1, 0.15) is 47.4 Å². The van der Waals surface area contributed by atoms with Crippen LogP contribution in [-0.2, 0) is 0 Å². The van der Waals surface area contributed by atoms with Crippen molar-refractivity contribution in [2.24, 2.45) is 5.92 Å². The zero-order valence-electron chi connectivity index (χ0n) is 14.6. The van der Waals surface area contributed by atoms with E-state index in [-0.39, 0.29) is 24.4 Å². The van der Waals surface area contributed by atoms with Gasteiger partial charge in [0, 0.05) is 12.6 Å². The molecule has 2 aromatic rings. The van der Waals surface area contributed by atoms with E-state index in [0.29, 0.717) is 17.2 Å². The van der Waals surface area contributed by atoms with Gasteiger partial charge in [0.2, 0.25) is 0 Å². The van der Waals surface area contributed by atoms with Crippen LogP contribution in [0, 0.1) is 25.6 Å². The first-order valence-corrected chi connectivity index (χ1v) is 8.73. The van der Waals surface area contributed by atoms with Crippen molar-refractivity contribution >= 4 is 5.91 Å². The molecule has 0 unspecified atom stereocenters. The Morgan fingerprint density at radius 1 is 1.24 bits per heavy atom. The van der Waals surface area contributed by atoms with E-state index >= 15 is 0 Å². The number of hydrogen-bond acceptors (Lipinski definition) is 3. The summed E-state index contributed by atoms with van der Waals surface area (Å²) in [5, 5.41) is 16.8. The van der Waals surface area contributed by atoms with E-state index in [4.69, 9.17) is 0 Å². The minimum Gasteiger partial charge on any atom is -0.396 e. The normalized spacial score (nSPS) is 20.5. The summed E-state index contributed by atoms with van der Waals surface area (Å²) in [6, 6.07) is 6.19. The van der Waals surface area contributed by atoms with Crippen LogP contribution < -0.4 is 5.32 Å². The molecule has 1 aliphatic carbocycles. The molecule has 1 aromatic carbocycles. The van der Waals surface area contributed by atoms with Crippen molar-refractivity contribution in [1.82, 2.24) is 15.1 Å². The molecule has 25 heavy (non-hydrogen) atoms. The molecule has 0 radical (unpaired) electrons. The van der Waals surface area contributed by atoms with Crippen molar-refractivity contribution in [2.45, 2.75) is 45.6 Å². The lowest BCUT2D eigenvalue weighted by molar-refractivity contribution is 0.0912. The molecule has 1 fully saturated rings. The highest BCUT2D eigenvalue weighted by molar-refractivity contribution is 5.96. The Balaban J connectivity index is 1.76. The van der Waals surface area contributed by atoms with Gasteiger partial charge in [-0.05, 0) is 69.7 Å². The molecule has 1 amide bonds. The first-order chi connectivity index (χ1) is 12.0. The minimum absolute atomic E-state index is 0.115. The summed E-state index contributed by atoms with van der Waals surface area (Å²) in [4.78, 5) is 12.7. The van der Waals surface area contributed by atoms with Crippen molar-refractivity contribution in [2.75, 3.05) is 6.61 Å². The number of aliphatic hydroxyl groups is 1. The Morgan fingerprint density at radius 3 is 2.48 bits per heavy atom. The number of aromatic nitrogens is 2. The number of benzene rings is 1. The lowest BCUT2D eigenvalue weighted by Crippen LogP contribution is -2.38. The predicted octanol–water partition coefficient (Wildman–Crippen LogP) is 2.91. The molecular formula is C19H24FN3O2. The third-order valence-electron chi connectivity index (χ3n) is 5.03. The molecular weight excluding hydrogens is 321 g/mol. The third-order valence-corrected chi connectivity index (χ3v) is 5.03. The minimum atomic E-state index is -0.304. The molecule has 3 rings (SSSR count). The molecule has 1 aromatic heterocycles. The van der Waals surface area contributed by atoms with Crippen LogP contribution >= 0.6 is 0 Å². The highest BCUT2D eigenvalue weighted by Crippen LogP contribution is 2.25. The fourth-order valence-corrected chi connectivity index (χ4v) is 3.55. The second-order valence-electron chi connectivity index (χ2n) is 6.81. The van der Waals surface area contributed by atoms with Gasteiger partial charge in [0.15, 0.2) is 0 Å². The topological polar surface area (TPSA) is 67.2 Å². The SMILES string of the molecule is Cc1nn(-c2ccc(F)cc2)c(C)c1C(=O)NC1CCC(CO)CC1. The summed E-state index contributed by atoms with van der Waals surface area (Å²) < 4.78 is 14.8. The fourth-order valence-electron chi connectivity index (χ4n) is 3.55. The third kappa shape index (κ3) is 3.74. The van der Waals surface area contributed by atoms with Gasteiger partial charge in [0.1, 0.15) is 5.82 Å². The summed E-state index contributed by atoms with van der Waals surface area (Å²) in [7, 11) is 0. The van der Waals surface area contributed by atoms with Crippen molar-refractivity contribution in [1.29, 1.82) is 0 Å². The van der Waals surface area contributed by atoms with Gasteiger partial charge in [-0.1, -0.05) is 0 Å². The first kappa shape index (κ1) is 17.6. The summed E-state index contributed by atoms with van der Waals surface area (Å²) >= 11 is 0. The van der Waals surface area contributed by atoms with E-state index in [1.54, 1.807) is 16.8 Å². The highest BCUT2D eigenvalue weighted by atomic mass is 19.1. The average molecular weight is 345 g/mol. The second kappa shape index (κ2) is 7.35. The number of carbonyl (C=O) groups is 1. The zero-order chi connectivity index (χ0) is 18.0. The Labute approximate surface area is 146 Å². The van der Waals surface area contributed by atoms with Gasteiger partial charge in [0.05, 0.1) is 22.6 Å². The Kier molecular flexibility index (Phi) is 5.18. The van der Waals surface area contributed by atoms with Crippen LogP contribution in [-0.4, -0.2) is 33.4 Å². The zero-order valence-corrected chi connectivity index (χ0v) is 14.6. The second-order valence-corrected chi connectivity index (χ2v) is 6.81. The van der Waals surface area contributed by atoms with E-state index in [1.165, 1.54) is 12.1 Å². The van der Waals surface area contributed by atoms with Crippen LogP contribution in [0.25, 0.3) is 5.69 Å². The van der Waals surface area contributed by atoms with Crippen molar-refractivity contribution in [3.8, 4) is 5.69 Å². The molecule has 1 aliphatic rings. The van der Waals surface area contributed by atoms with Crippen molar-refractivity contribution in [3.63, 3.8) is 0 Å². The first-order valence-electron chi connectivity index (χ1n) is 8.73. The molecule has 6 heteroatoms. The van der Waals surface area contributed by atoms with Gasteiger partial charge in [-0.15, -0.1) is 0 Å². The number of rotatable bonds is 4. The molecule has 0 aliphatic heterocycles. The number of nitrogens with zero attached hydrogens (tertiary/aromatic N) is 2. The van der Waals surface area contributed by atoms with Crippen molar-refractivity contribution in [3.05, 3.63) is 47.0 Å². The van der Waals surface area contributed by atoms with Crippen LogP contribution in [0.15, 0.2) is 24.3 Å². The fraction of sp³-hybridized carbons (Fsp3) is 0.474. The van der Waals surface area contributed by atoms with Gasteiger partial charge in [-0.3, -0.25) is 4.79 Å². The van der Waals surface area contributed by atoms with Crippen LogP contribution in [0.3, 0.4) is 0 Å². The molecule has 0 atom stereocenters. The van der Waals surface area contributed by atoms with E-state index in [1.807, 2.05) is 13.8 Å². The number of hydrogen-bond donors (Lipinski definition) is 2. The molecule has 0 spiro atoms. The Hall–Kier alpha value is -2.21. The number of nitrogens with one attached hydrogen (secondary N) is 1. The highest BCUT2D eigenvalue weighted by Gasteiger charge is 2.25. The van der Waals surface area contributed by atoms with Crippen LogP contribution in [0.4, 0.5) is 4.39 Å². The smallest absolute Gasteiger partial charge is 0.255 e. The monoisotopic (exact) mass is 345 g/mol. The predicted molar refractivity (Wildman–Crippen MR) is 93.3 cm³/mol. The quantitative estimate of drug-likeness (QED) is 0.895. The van der Waals surface area contributed by atoms with Gasteiger partial charge in [-0.25, -0.2) is 9.07 Å². The lowest BCUT2D eigenvalue weighted by Gasteiger charge is -2.28. The maximum absolute atomic E-state index is 13.1. The largest absolute Gasteiger partial charge is 0.396 e. The molecule has 0 saturated heterocycles. The molecule has 134 valence electrons. The summed E-state index contributed by atoms with van der Waals surface area (Å²) in [6.45, 7) is 3.88. The summed E-state index contributed by atoms with van der Waals surface area (Å²) in [6.07, 6.45) is 3.66. The maximum atomic E-state index is 13.1. The maximum Gasteiger partial charge on any atom is 0.255 e. The standard InChI is InChI=1S/C19H24FN3O2/c1-12-18(19(25)21-16-7-3-14(11-24)4-8-16)13(2)23(22-12)17-9-5-15(20)6-10-17/h5-6,9-10,14,16,24H,3-4,7-8,11H2,1-2H3,(H,21,25). The molecule has 1 saturated carbocycles. The number of aliphatic hydroxyl groups excluding tert-OH is 1. The van der Waals surface area contributed by atoms with E-state index in [2.05, 4.69) is 10.4 Å². The van der Waals surface area contributed by atoms with E-state index < -0.39 is 0 Å². The van der Waals surface area contributed by atoms with Crippen molar-refractivity contribution < 1.29 is 14.3 Å². The van der Waals surface area contributed by atoms with Crippen LogP contribution in [0.5, 0.6) is 0 Å². The lowest BCUT2D eigenvalue weighted by atomic mass is 9.86. The summed E-state index contributed by atoms with van der Waals surface area (Å²) in [5.41, 5.74) is 2.70. The van der Waals surface area contributed by atoms with Gasteiger partial charge in [0.25, 0.3) is 5.91 Å². The summed E-state index contributed by atoms with van der Waals surface area (Å²) in [5.74, 6) is -0.0598. The Morgan fingerprint density at radius 2 is 1.88 bits per heavy atom. The number of carbonyl (C=O) groups excluding carboxylic acids is 1. The van der Waals surface area contributed by atoms with Crippen LogP contribution in [0.2, 0.25) is 0 Å². The van der Waals surface area contributed by atoms with Gasteiger partial charge < -0.3 is 10.4 Å². The van der Waals surface area contributed by atoms with Gasteiger partial charge >= 0.3 is 0 Å². The molecule has 2 N–H and O–H groups in total. The average Bonchev–Trinajstić information content (AvgIpc) is 2.91. The van der Waals surface area contributed by atoms with E-state index in [0.717, 1.165) is 37.1 Å². The van der Waals surface area contributed by atoms with Gasteiger partial charge in [-0.2, -0.15) is 5.10 Å². The number of amides is 1. The molecule has 0 bridgehead atoms. The van der Waals surface area contributed by atoms with E-state index in [9.17, 15) is 14.3 Å². The number of aryl methyl sites for hydroxylation is 1. The molecule has 1 heterocycles. The molecule has 5 nitrogen and oxygen atoms in total. The Bertz CT molecular complexity index is 747. The number of halogens is 1.